The predicted octanol–water partition coefficient (Wildman–Crippen LogP) is 5.84. The van der Waals surface area contributed by atoms with E-state index >= 15 is 0 Å². The Bertz CT molecular complexity index is 968. The van der Waals surface area contributed by atoms with Crippen molar-refractivity contribution in [1.29, 1.82) is 0 Å². The highest BCUT2D eigenvalue weighted by molar-refractivity contribution is 5.58. The van der Waals surface area contributed by atoms with Crippen LogP contribution in [0.3, 0.4) is 0 Å². The zero-order valence-corrected chi connectivity index (χ0v) is 15.8. The lowest BCUT2D eigenvalue weighted by molar-refractivity contribution is 0.423. The standard InChI is InChI=1S/C26H24/c1-25(2)22-17-19-26(3,18-16-21-12-8-5-9-13-21)23(24(22)25)15-14-20-10-6-4-7-11-20/h4-13,22H,17,19H2,1-3H3. The molecule has 26 heavy (non-hydrogen) atoms. The molecule has 2 unspecified atom stereocenters. The van der Waals surface area contributed by atoms with E-state index in [9.17, 15) is 0 Å². The average molecular weight is 336 g/mol. The van der Waals surface area contributed by atoms with Gasteiger partial charge in [0.1, 0.15) is 0 Å². The normalized spacial score (nSPS) is 25.3. The van der Waals surface area contributed by atoms with Gasteiger partial charge in [0.15, 0.2) is 0 Å². The van der Waals surface area contributed by atoms with Crippen LogP contribution in [0.2, 0.25) is 0 Å². The van der Waals surface area contributed by atoms with Crippen LogP contribution in [0.5, 0.6) is 0 Å². The molecule has 0 heterocycles. The first-order chi connectivity index (χ1) is 12.5. The molecular weight excluding hydrogens is 312 g/mol. The molecule has 0 saturated heterocycles. The van der Waals surface area contributed by atoms with E-state index in [1.54, 1.807) is 0 Å². The average Bonchev–Trinajstić information content (AvgIpc) is 3.22. The smallest absolute Gasteiger partial charge is 0.0617 e. The molecule has 2 aromatic carbocycles. The molecule has 1 fully saturated rings. The maximum atomic E-state index is 3.59. The molecule has 2 aromatic rings. The lowest BCUT2D eigenvalue weighted by Gasteiger charge is -2.27. The van der Waals surface area contributed by atoms with Crippen LogP contribution in [0.4, 0.5) is 0 Å². The third-order valence-electron chi connectivity index (χ3n) is 5.95. The van der Waals surface area contributed by atoms with Crippen LogP contribution < -0.4 is 0 Å². The van der Waals surface area contributed by atoms with Crippen molar-refractivity contribution in [3.8, 4) is 23.7 Å². The molecule has 0 radical (unpaired) electrons. The van der Waals surface area contributed by atoms with Crippen LogP contribution in [0.15, 0.2) is 71.8 Å². The van der Waals surface area contributed by atoms with Gasteiger partial charge in [-0.2, -0.15) is 0 Å². The first-order valence-electron chi connectivity index (χ1n) is 9.41. The third kappa shape index (κ3) is 2.98. The molecule has 2 aliphatic rings. The van der Waals surface area contributed by atoms with Crippen LogP contribution in [0.25, 0.3) is 0 Å². The van der Waals surface area contributed by atoms with E-state index in [0.717, 1.165) is 17.5 Å². The van der Waals surface area contributed by atoms with Crippen LogP contribution in [0.1, 0.15) is 44.7 Å². The van der Waals surface area contributed by atoms with Crippen molar-refractivity contribution >= 4 is 0 Å². The van der Waals surface area contributed by atoms with Crippen LogP contribution in [-0.4, -0.2) is 0 Å². The van der Waals surface area contributed by atoms with E-state index in [0.29, 0.717) is 5.92 Å². The zero-order chi connectivity index (χ0) is 18.2. The van der Waals surface area contributed by atoms with Gasteiger partial charge in [-0.05, 0) is 60.9 Å². The van der Waals surface area contributed by atoms with E-state index in [1.165, 1.54) is 17.6 Å². The summed E-state index contributed by atoms with van der Waals surface area (Å²) in [4.78, 5) is 0. The molecular formula is C26H24. The Kier molecular flexibility index (Phi) is 4.01. The molecule has 128 valence electrons. The fourth-order valence-corrected chi connectivity index (χ4v) is 4.21. The second kappa shape index (κ2) is 6.23. The highest BCUT2D eigenvalue weighted by atomic mass is 14.6. The summed E-state index contributed by atoms with van der Waals surface area (Å²) in [5.41, 5.74) is 5.08. The molecule has 0 nitrogen and oxygen atoms in total. The molecule has 4 rings (SSSR count). The van der Waals surface area contributed by atoms with E-state index in [-0.39, 0.29) is 10.8 Å². The molecule has 0 N–H and O–H groups in total. The van der Waals surface area contributed by atoms with Crippen molar-refractivity contribution in [2.45, 2.75) is 33.6 Å². The largest absolute Gasteiger partial charge is 0.0859 e. The number of fused-ring (bicyclic) bond motifs is 1. The molecule has 2 aliphatic carbocycles. The molecule has 1 saturated carbocycles. The van der Waals surface area contributed by atoms with Gasteiger partial charge in [-0.15, -0.1) is 0 Å². The predicted molar refractivity (Wildman–Crippen MR) is 108 cm³/mol. The van der Waals surface area contributed by atoms with Gasteiger partial charge in [0.2, 0.25) is 0 Å². The zero-order valence-electron chi connectivity index (χ0n) is 15.8. The number of benzene rings is 2. The fourth-order valence-electron chi connectivity index (χ4n) is 4.21. The van der Waals surface area contributed by atoms with E-state index in [4.69, 9.17) is 0 Å². The summed E-state index contributed by atoms with van der Waals surface area (Å²) in [5.74, 6) is 14.6. The van der Waals surface area contributed by atoms with E-state index < -0.39 is 0 Å². The Hall–Kier alpha value is -2.70. The summed E-state index contributed by atoms with van der Waals surface area (Å²) in [7, 11) is 0. The van der Waals surface area contributed by atoms with Gasteiger partial charge in [0.05, 0.1) is 5.41 Å². The number of allylic oxidation sites excluding steroid dienone is 2. The second-order valence-electron chi connectivity index (χ2n) is 8.17. The Morgan fingerprint density at radius 1 is 0.769 bits per heavy atom. The highest BCUT2D eigenvalue weighted by Gasteiger charge is 2.58. The fraction of sp³-hybridized carbons (Fsp3) is 0.308. The Balaban J connectivity index is 1.76. The first-order valence-corrected chi connectivity index (χ1v) is 9.41. The summed E-state index contributed by atoms with van der Waals surface area (Å²) < 4.78 is 0. The quantitative estimate of drug-likeness (QED) is 0.530. The minimum atomic E-state index is -0.156. The Morgan fingerprint density at radius 2 is 1.35 bits per heavy atom. The second-order valence-corrected chi connectivity index (χ2v) is 8.17. The Labute approximate surface area is 157 Å². The first kappa shape index (κ1) is 16.8. The van der Waals surface area contributed by atoms with Crippen molar-refractivity contribution in [3.05, 3.63) is 82.9 Å². The van der Waals surface area contributed by atoms with Gasteiger partial charge in [0, 0.05) is 16.7 Å². The van der Waals surface area contributed by atoms with Gasteiger partial charge in [0.25, 0.3) is 0 Å². The number of rotatable bonds is 0. The molecule has 0 aromatic heterocycles. The van der Waals surface area contributed by atoms with E-state index in [2.05, 4.69) is 68.7 Å². The van der Waals surface area contributed by atoms with Crippen molar-refractivity contribution in [2.75, 3.05) is 0 Å². The highest BCUT2D eigenvalue weighted by Crippen LogP contribution is 2.66. The maximum Gasteiger partial charge on any atom is 0.0617 e. The summed E-state index contributed by atoms with van der Waals surface area (Å²) in [6, 6.07) is 20.5. The maximum absolute atomic E-state index is 3.59. The SMILES string of the molecule is CC1(C#Cc2ccccc2)CCC2C(=C1C#Cc1ccccc1)C2(C)C. The van der Waals surface area contributed by atoms with Crippen molar-refractivity contribution in [3.63, 3.8) is 0 Å². The lowest BCUT2D eigenvalue weighted by Crippen LogP contribution is -2.20. The minimum Gasteiger partial charge on any atom is -0.0859 e. The van der Waals surface area contributed by atoms with Crippen molar-refractivity contribution in [2.24, 2.45) is 16.7 Å². The molecule has 2 atom stereocenters. The number of hydrogen-bond acceptors (Lipinski definition) is 0. The minimum absolute atomic E-state index is 0.156. The lowest BCUT2D eigenvalue weighted by atomic mass is 9.74. The summed E-state index contributed by atoms with van der Waals surface area (Å²) in [6.07, 6.45) is 2.31. The third-order valence-corrected chi connectivity index (χ3v) is 5.95. The van der Waals surface area contributed by atoms with Gasteiger partial charge in [-0.3, -0.25) is 0 Å². The summed E-state index contributed by atoms with van der Waals surface area (Å²) in [6.45, 7) is 6.98. The monoisotopic (exact) mass is 336 g/mol. The van der Waals surface area contributed by atoms with Gasteiger partial charge in [-0.1, -0.05) is 73.9 Å². The van der Waals surface area contributed by atoms with Crippen LogP contribution in [0, 0.1) is 40.4 Å². The molecule has 0 aliphatic heterocycles. The molecule has 0 spiro atoms. The molecule has 0 heteroatoms. The van der Waals surface area contributed by atoms with Gasteiger partial charge >= 0.3 is 0 Å². The Morgan fingerprint density at radius 3 is 1.96 bits per heavy atom. The summed E-state index contributed by atoms with van der Waals surface area (Å²) >= 11 is 0. The molecule has 0 amide bonds. The van der Waals surface area contributed by atoms with Crippen molar-refractivity contribution < 1.29 is 0 Å². The van der Waals surface area contributed by atoms with Gasteiger partial charge < -0.3 is 0 Å². The van der Waals surface area contributed by atoms with Crippen LogP contribution in [-0.2, 0) is 0 Å². The summed E-state index contributed by atoms with van der Waals surface area (Å²) in [5, 5.41) is 0. The van der Waals surface area contributed by atoms with E-state index in [1.807, 2.05) is 36.4 Å². The van der Waals surface area contributed by atoms with Crippen molar-refractivity contribution in [1.82, 2.24) is 0 Å². The molecule has 0 bridgehead atoms. The number of hydrogen-bond donors (Lipinski definition) is 0. The topological polar surface area (TPSA) is 0 Å². The van der Waals surface area contributed by atoms with Crippen LogP contribution >= 0.6 is 0 Å². The van der Waals surface area contributed by atoms with Gasteiger partial charge in [-0.25, -0.2) is 0 Å².